The fraction of sp³-hybridized carbons (Fsp3) is 0. The number of benzene rings is 1. The van der Waals surface area contributed by atoms with Crippen molar-refractivity contribution in [1.82, 2.24) is 5.32 Å². The lowest BCUT2D eigenvalue weighted by Gasteiger charge is -1.93. The Morgan fingerprint density at radius 2 is 2.55 bits per heavy atom. The predicted octanol–water partition coefficient (Wildman–Crippen LogP) is 0.698. The number of nitriles is 1. The highest BCUT2D eigenvalue weighted by molar-refractivity contribution is 5.94. The summed E-state index contributed by atoms with van der Waals surface area (Å²) in [6, 6.07) is 9.24. The van der Waals surface area contributed by atoms with Crippen molar-refractivity contribution >= 4 is 5.91 Å². The van der Waals surface area contributed by atoms with E-state index in [-0.39, 0.29) is 0 Å². The number of nitrogens with one attached hydrogen (secondary N) is 1. The average molecular weight is 145 g/mol. The van der Waals surface area contributed by atoms with Crippen molar-refractivity contribution in [3.63, 3.8) is 0 Å². The van der Waals surface area contributed by atoms with E-state index < -0.39 is 5.91 Å². The van der Waals surface area contributed by atoms with Crippen LogP contribution in [-0.2, 0) is 0 Å². The molecule has 0 fully saturated rings. The number of amides is 1. The van der Waals surface area contributed by atoms with E-state index in [2.05, 4.69) is 6.07 Å². The van der Waals surface area contributed by atoms with Gasteiger partial charge in [-0.1, -0.05) is 12.1 Å². The minimum atomic E-state index is -0.399. The highest BCUT2D eigenvalue weighted by atomic mass is 16.1. The minimum absolute atomic E-state index is 0.399. The molecule has 1 rings (SSSR count). The van der Waals surface area contributed by atoms with Crippen LogP contribution in [0.3, 0.4) is 0 Å². The molecule has 0 saturated carbocycles. The molecule has 53 valence electrons. The van der Waals surface area contributed by atoms with Gasteiger partial charge in [0.1, 0.15) is 0 Å². The maximum Gasteiger partial charge on any atom is 0.264 e. The number of hydrogen-bond acceptors (Lipinski definition) is 2. The van der Waals surface area contributed by atoms with Crippen LogP contribution in [0.15, 0.2) is 24.3 Å². The largest absolute Gasteiger partial charge is 0.268 e. The first-order valence-electron chi connectivity index (χ1n) is 3.00. The standard InChI is InChI=1S/C8H5N2O/c9-6-10-8(11)7-4-2-1-3-5-7/h1-2,4-5H,(H,10,11). The normalized spacial score (nSPS) is 8.27. The van der Waals surface area contributed by atoms with E-state index in [1.54, 1.807) is 24.4 Å². The van der Waals surface area contributed by atoms with Crippen LogP contribution in [0.5, 0.6) is 0 Å². The van der Waals surface area contributed by atoms with Crippen molar-refractivity contribution in [3.8, 4) is 6.19 Å². The Kier molecular flexibility index (Phi) is 2.24. The van der Waals surface area contributed by atoms with Crippen molar-refractivity contribution in [2.45, 2.75) is 0 Å². The lowest BCUT2D eigenvalue weighted by atomic mass is 10.2. The van der Waals surface area contributed by atoms with Gasteiger partial charge in [0, 0.05) is 5.56 Å². The Bertz CT molecular complexity index is 287. The second-order valence-corrected chi connectivity index (χ2v) is 1.86. The van der Waals surface area contributed by atoms with Gasteiger partial charge in [-0.25, -0.2) is 0 Å². The molecule has 0 spiro atoms. The number of rotatable bonds is 1. The molecule has 1 amide bonds. The number of carbonyl (C=O) groups is 1. The molecular weight excluding hydrogens is 140 g/mol. The first-order chi connectivity index (χ1) is 5.34. The Morgan fingerprint density at radius 1 is 1.73 bits per heavy atom. The van der Waals surface area contributed by atoms with Crippen LogP contribution in [0.2, 0.25) is 0 Å². The summed E-state index contributed by atoms with van der Waals surface area (Å²) in [5.74, 6) is -0.399. The Labute approximate surface area is 64.3 Å². The van der Waals surface area contributed by atoms with E-state index in [4.69, 9.17) is 5.26 Å². The van der Waals surface area contributed by atoms with Crippen LogP contribution < -0.4 is 5.32 Å². The first kappa shape index (κ1) is 7.29. The molecule has 1 aromatic rings. The Balaban J connectivity index is 2.79. The first-order valence-corrected chi connectivity index (χ1v) is 3.00. The van der Waals surface area contributed by atoms with Crippen molar-refractivity contribution in [2.75, 3.05) is 0 Å². The van der Waals surface area contributed by atoms with Gasteiger partial charge in [-0.2, -0.15) is 5.26 Å². The molecule has 0 aromatic heterocycles. The van der Waals surface area contributed by atoms with Crippen LogP contribution in [0.25, 0.3) is 0 Å². The smallest absolute Gasteiger partial charge is 0.264 e. The summed E-state index contributed by atoms with van der Waals surface area (Å²) in [6.45, 7) is 0. The molecule has 0 atom stereocenters. The molecule has 0 saturated heterocycles. The van der Waals surface area contributed by atoms with E-state index in [0.29, 0.717) is 5.56 Å². The van der Waals surface area contributed by atoms with Crippen LogP contribution in [0.1, 0.15) is 10.4 Å². The maximum absolute atomic E-state index is 10.9. The Morgan fingerprint density at radius 3 is 3.09 bits per heavy atom. The van der Waals surface area contributed by atoms with Crippen LogP contribution in [0, 0.1) is 17.5 Å². The van der Waals surface area contributed by atoms with Gasteiger partial charge in [-0.3, -0.25) is 10.1 Å². The highest BCUT2D eigenvalue weighted by Crippen LogP contribution is 1.95. The minimum Gasteiger partial charge on any atom is -0.268 e. The second kappa shape index (κ2) is 3.37. The van der Waals surface area contributed by atoms with Crippen molar-refractivity contribution < 1.29 is 4.79 Å². The fourth-order valence-electron chi connectivity index (χ4n) is 0.658. The van der Waals surface area contributed by atoms with E-state index in [9.17, 15) is 4.79 Å². The van der Waals surface area contributed by atoms with E-state index in [1.807, 2.05) is 5.32 Å². The van der Waals surface area contributed by atoms with Crippen LogP contribution >= 0.6 is 0 Å². The van der Waals surface area contributed by atoms with Crippen LogP contribution in [-0.4, -0.2) is 5.91 Å². The van der Waals surface area contributed by atoms with Crippen molar-refractivity contribution in [1.29, 1.82) is 5.26 Å². The van der Waals surface area contributed by atoms with E-state index in [1.165, 1.54) is 6.07 Å². The van der Waals surface area contributed by atoms with E-state index >= 15 is 0 Å². The summed E-state index contributed by atoms with van der Waals surface area (Å²) < 4.78 is 0. The molecule has 0 aliphatic heterocycles. The summed E-state index contributed by atoms with van der Waals surface area (Å²) in [4.78, 5) is 10.9. The Hall–Kier alpha value is -1.82. The van der Waals surface area contributed by atoms with Gasteiger partial charge in [-0.05, 0) is 18.2 Å². The molecule has 0 aliphatic carbocycles. The van der Waals surface area contributed by atoms with Gasteiger partial charge >= 0.3 is 0 Å². The van der Waals surface area contributed by atoms with Gasteiger partial charge < -0.3 is 0 Å². The molecule has 1 aromatic carbocycles. The predicted molar refractivity (Wildman–Crippen MR) is 38.4 cm³/mol. The van der Waals surface area contributed by atoms with Gasteiger partial charge in [0.2, 0.25) is 0 Å². The number of carbonyl (C=O) groups excluding carboxylic acids is 1. The fourth-order valence-corrected chi connectivity index (χ4v) is 0.658. The lowest BCUT2D eigenvalue weighted by Crippen LogP contribution is -2.16. The van der Waals surface area contributed by atoms with Gasteiger partial charge in [0.15, 0.2) is 6.19 Å². The molecule has 0 aliphatic rings. The zero-order valence-corrected chi connectivity index (χ0v) is 5.66. The molecule has 0 bridgehead atoms. The number of nitrogens with zero attached hydrogens (tertiary/aromatic N) is 1. The zero-order chi connectivity index (χ0) is 8.10. The molecule has 1 N–H and O–H groups in total. The molecular formula is C8H5N2O. The maximum atomic E-state index is 10.9. The topological polar surface area (TPSA) is 52.9 Å². The second-order valence-electron chi connectivity index (χ2n) is 1.86. The molecule has 0 unspecified atom stereocenters. The monoisotopic (exact) mass is 145 g/mol. The summed E-state index contributed by atoms with van der Waals surface area (Å²) in [6.07, 6.45) is 1.55. The average Bonchev–Trinajstić information content (AvgIpc) is 2.07. The highest BCUT2D eigenvalue weighted by Gasteiger charge is 2.00. The van der Waals surface area contributed by atoms with Crippen molar-refractivity contribution in [2.24, 2.45) is 0 Å². The van der Waals surface area contributed by atoms with Crippen molar-refractivity contribution in [3.05, 3.63) is 35.9 Å². The van der Waals surface area contributed by atoms with Gasteiger partial charge in [-0.15, -0.1) is 0 Å². The molecule has 3 nitrogen and oxygen atoms in total. The lowest BCUT2D eigenvalue weighted by molar-refractivity contribution is 0.0973. The van der Waals surface area contributed by atoms with Gasteiger partial charge in [0.05, 0.1) is 0 Å². The number of hydrogen-bond donors (Lipinski definition) is 1. The molecule has 1 radical (unpaired) electrons. The SMILES string of the molecule is N#CNC(=O)c1c[c]ccc1. The van der Waals surface area contributed by atoms with E-state index in [0.717, 1.165) is 0 Å². The summed E-state index contributed by atoms with van der Waals surface area (Å²) in [5, 5.41) is 10.1. The van der Waals surface area contributed by atoms with Gasteiger partial charge in [0.25, 0.3) is 5.91 Å². The molecule has 0 heterocycles. The van der Waals surface area contributed by atoms with Crippen LogP contribution in [0.4, 0.5) is 0 Å². The summed E-state index contributed by atoms with van der Waals surface area (Å²) in [7, 11) is 0. The third-order valence-electron chi connectivity index (χ3n) is 1.14. The molecule has 11 heavy (non-hydrogen) atoms. The third kappa shape index (κ3) is 1.80. The zero-order valence-electron chi connectivity index (χ0n) is 5.66. The quantitative estimate of drug-likeness (QED) is 0.467. The summed E-state index contributed by atoms with van der Waals surface area (Å²) >= 11 is 0. The molecule has 3 heteroatoms. The summed E-state index contributed by atoms with van der Waals surface area (Å²) in [5.41, 5.74) is 0.439. The third-order valence-corrected chi connectivity index (χ3v) is 1.14.